The van der Waals surface area contributed by atoms with Gasteiger partial charge in [-0.25, -0.2) is 14.4 Å². The van der Waals surface area contributed by atoms with E-state index in [9.17, 15) is 14.0 Å². The van der Waals surface area contributed by atoms with Crippen LogP contribution in [-0.4, -0.2) is 40.3 Å². The Morgan fingerprint density at radius 1 is 1.28 bits per heavy atom. The van der Waals surface area contributed by atoms with Crippen molar-refractivity contribution in [3.8, 4) is 17.0 Å². The first-order valence-electron chi connectivity index (χ1n) is 9.56. The SMILES string of the molecule is COc1cccc(CNC(=O)CN2Cc3ccc(-c4nc(Cl)ncc4Cl)cc3C2=O)c1F. The molecule has 1 N–H and O–H groups in total. The van der Waals surface area contributed by atoms with E-state index in [1.807, 2.05) is 0 Å². The van der Waals surface area contributed by atoms with Crippen LogP contribution in [0.3, 0.4) is 0 Å². The summed E-state index contributed by atoms with van der Waals surface area (Å²) < 4.78 is 19.2. The van der Waals surface area contributed by atoms with Crippen molar-refractivity contribution in [2.75, 3.05) is 13.7 Å². The number of hydrogen-bond donors (Lipinski definition) is 1. The minimum atomic E-state index is -0.532. The number of hydrogen-bond acceptors (Lipinski definition) is 5. The molecule has 2 amide bonds. The average Bonchev–Trinajstić information content (AvgIpc) is 3.09. The van der Waals surface area contributed by atoms with Crippen LogP contribution in [0, 0.1) is 5.82 Å². The van der Waals surface area contributed by atoms with Gasteiger partial charge in [0.25, 0.3) is 5.91 Å². The minimum Gasteiger partial charge on any atom is -0.494 e. The molecule has 4 rings (SSSR count). The number of carbonyl (C=O) groups excluding carboxylic acids is 2. The summed E-state index contributed by atoms with van der Waals surface area (Å²) in [6, 6.07) is 9.94. The first kappa shape index (κ1) is 22.0. The zero-order valence-electron chi connectivity index (χ0n) is 16.9. The summed E-state index contributed by atoms with van der Waals surface area (Å²) in [6.45, 7) is 0.107. The Morgan fingerprint density at radius 3 is 2.88 bits per heavy atom. The Kier molecular flexibility index (Phi) is 6.25. The molecule has 7 nitrogen and oxygen atoms in total. The number of nitrogens with one attached hydrogen (secondary N) is 1. The van der Waals surface area contributed by atoms with E-state index in [4.69, 9.17) is 27.9 Å². The summed E-state index contributed by atoms with van der Waals surface area (Å²) in [4.78, 5) is 34.6. The van der Waals surface area contributed by atoms with Gasteiger partial charge in [-0.15, -0.1) is 0 Å². The van der Waals surface area contributed by atoms with Crippen LogP contribution in [0.2, 0.25) is 10.3 Å². The third-order valence-corrected chi connectivity index (χ3v) is 5.51. The number of benzene rings is 2. The van der Waals surface area contributed by atoms with Gasteiger partial charge in [-0.3, -0.25) is 9.59 Å². The Bertz CT molecular complexity index is 1220. The van der Waals surface area contributed by atoms with Crippen molar-refractivity contribution in [1.82, 2.24) is 20.2 Å². The van der Waals surface area contributed by atoms with Crippen LogP contribution in [0.15, 0.2) is 42.6 Å². The lowest BCUT2D eigenvalue weighted by atomic mass is 10.0. The fourth-order valence-corrected chi connectivity index (χ4v) is 3.79. The highest BCUT2D eigenvalue weighted by Gasteiger charge is 2.29. The highest BCUT2D eigenvalue weighted by atomic mass is 35.5. The molecular formula is C22H17Cl2FN4O3. The second-order valence-electron chi connectivity index (χ2n) is 7.08. The lowest BCUT2D eigenvalue weighted by Gasteiger charge is -2.15. The number of carbonyl (C=O) groups is 2. The molecule has 1 aliphatic rings. The number of methoxy groups -OCH3 is 1. The lowest BCUT2D eigenvalue weighted by molar-refractivity contribution is -0.122. The maximum Gasteiger partial charge on any atom is 0.254 e. The maximum absolute atomic E-state index is 14.2. The summed E-state index contributed by atoms with van der Waals surface area (Å²) in [6.07, 6.45) is 1.39. The zero-order valence-corrected chi connectivity index (χ0v) is 18.4. The van der Waals surface area contributed by atoms with Crippen LogP contribution in [0.4, 0.5) is 4.39 Å². The van der Waals surface area contributed by atoms with Gasteiger partial charge in [0.05, 0.1) is 24.0 Å². The standard InChI is InChI=1S/C22H17Cl2FN4O3/c1-32-17-4-2-3-13(19(17)25)8-26-18(30)11-29-10-14-6-5-12(7-15(14)21(29)31)20-16(23)9-27-22(24)28-20/h2-7,9H,8,10-11H2,1H3,(H,26,30). The van der Waals surface area contributed by atoms with Gasteiger partial charge in [0, 0.05) is 29.8 Å². The summed E-state index contributed by atoms with van der Waals surface area (Å²) in [7, 11) is 1.37. The number of fused-ring (bicyclic) bond motifs is 1. The molecule has 0 saturated heterocycles. The Balaban J connectivity index is 1.44. The Morgan fingerprint density at radius 2 is 2.09 bits per heavy atom. The van der Waals surface area contributed by atoms with Crippen LogP contribution < -0.4 is 10.1 Å². The summed E-state index contributed by atoms with van der Waals surface area (Å²) in [5.74, 6) is -1.13. The number of nitrogens with zero attached hydrogens (tertiary/aromatic N) is 3. The van der Waals surface area contributed by atoms with Gasteiger partial charge in [0.15, 0.2) is 11.6 Å². The second-order valence-corrected chi connectivity index (χ2v) is 7.82. The molecule has 0 aliphatic carbocycles. The third kappa shape index (κ3) is 4.37. The van der Waals surface area contributed by atoms with E-state index in [0.29, 0.717) is 27.4 Å². The number of rotatable bonds is 6. The van der Waals surface area contributed by atoms with Gasteiger partial charge in [0.1, 0.15) is 6.54 Å². The Labute approximate surface area is 193 Å². The van der Waals surface area contributed by atoms with E-state index in [1.54, 1.807) is 30.3 Å². The first-order valence-corrected chi connectivity index (χ1v) is 10.3. The lowest BCUT2D eigenvalue weighted by Crippen LogP contribution is -2.37. The summed E-state index contributed by atoms with van der Waals surface area (Å²) in [5, 5.41) is 2.99. The van der Waals surface area contributed by atoms with E-state index < -0.39 is 11.7 Å². The van der Waals surface area contributed by atoms with Crippen LogP contribution in [0.1, 0.15) is 21.5 Å². The van der Waals surface area contributed by atoms with E-state index in [1.165, 1.54) is 24.3 Å². The van der Waals surface area contributed by atoms with Gasteiger partial charge in [-0.05, 0) is 29.3 Å². The summed E-state index contributed by atoms with van der Waals surface area (Å²) >= 11 is 12.0. The van der Waals surface area contributed by atoms with Crippen molar-refractivity contribution >= 4 is 35.0 Å². The highest BCUT2D eigenvalue weighted by molar-refractivity contribution is 6.33. The predicted octanol–water partition coefficient (Wildman–Crippen LogP) is 3.87. The van der Waals surface area contributed by atoms with E-state index >= 15 is 0 Å². The van der Waals surface area contributed by atoms with Crippen LogP contribution >= 0.6 is 23.2 Å². The smallest absolute Gasteiger partial charge is 0.254 e. The molecule has 0 fully saturated rings. The van der Waals surface area contributed by atoms with Crippen LogP contribution in [0.25, 0.3) is 11.3 Å². The minimum absolute atomic E-state index is 0.0199. The van der Waals surface area contributed by atoms with Crippen molar-refractivity contribution < 1.29 is 18.7 Å². The molecule has 0 spiro atoms. The van der Waals surface area contributed by atoms with Crippen molar-refractivity contribution in [3.63, 3.8) is 0 Å². The first-order chi connectivity index (χ1) is 15.4. The van der Waals surface area contributed by atoms with Crippen LogP contribution in [0.5, 0.6) is 5.75 Å². The van der Waals surface area contributed by atoms with Gasteiger partial charge >= 0.3 is 0 Å². The second kappa shape index (κ2) is 9.10. The van der Waals surface area contributed by atoms with Crippen LogP contribution in [-0.2, 0) is 17.9 Å². The molecule has 0 unspecified atom stereocenters. The molecule has 164 valence electrons. The normalized spacial score (nSPS) is 12.6. The number of ether oxygens (including phenoxy) is 1. The van der Waals surface area contributed by atoms with E-state index in [0.717, 1.165) is 5.56 Å². The van der Waals surface area contributed by atoms with Gasteiger partial charge < -0.3 is 15.0 Å². The summed E-state index contributed by atoms with van der Waals surface area (Å²) in [5.41, 5.74) is 2.56. The fraction of sp³-hybridized carbons (Fsp3) is 0.182. The van der Waals surface area contributed by atoms with Crippen molar-refractivity contribution in [1.29, 1.82) is 0 Å². The monoisotopic (exact) mass is 474 g/mol. The molecule has 1 aliphatic heterocycles. The molecule has 10 heteroatoms. The molecule has 0 radical (unpaired) electrons. The maximum atomic E-state index is 14.2. The fourth-order valence-electron chi connectivity index (χ4n) is 3.46. The van der Waals surface area contributed by atoms with E-state index in [2.05, 4.69) is 15.3 Å². The molecular weight excluding hydrogens is 458 g/mol. The van der Waals surface area contributed by atoms with Gasteiger partial charge in [-0.1, -0.05) is 35.9 Å². The molecule has 0 atom stereocenters. The predicted molar refractivity (Wildman–Crippen MR) is 117 cm³/mol. The number of aromatic nitrogens is 2. The molecule has 1 aromatic heterocycles. The molecule has 0 saturated carbocycles. The van der Waals surface area contributed by atoms with Crippen molar-refractivity contribution in [2.45, 2.75) is 13.1 Å². The Hall–Kier alpha value is -3.23. The van der Waals surface area contributed by atoms with Gasteiger partial charge in [-0.2, -0.15) is 0 Å². The molecule has 2 heterocycles. The number of amides is 2. The topological polar surface area (TPSA) is 84.4 Å². The number of halogens is 3. The molecule has 3 aromatic rings. The van der Waals surface area contributed by atoms with Crippen molar-refractivity contribution in [3.05, 3.63) is 75.4 Å². The average molecular weight is 475 g/mol. The molecule has 0 bridgehead atoms. The third-order valence-electron chi connectivity index (χ3n) is 5.05. The largest absolute Gasteiger partial charge is 0.494 e. The van der Waals surface area contributed by atoms with E-state index in [-0.39, 0.29) is 36.6 Å². The highest BCUT2D eigenvalue weighted by Crippen LogP contribution is 2.31. The quantitative estimate of drug-likeness (QED) is 0.548. The molecule has 32 heavy (non-hydrogen) atoms. The van der Waals surface area contributed by atoms with Crippen molar-refractivity contribution in [2.24, 2.45) is 0 Å². The zero-order chi connectivity index (χ0) is 22.8. The van der Waals surface area contributed by atoms with Gasteiger partial charge in [0.2, 0.25) is 11.2 Å². The molecule has 2 aromatic carbocycles.